The van der Waals surface area contributed by atoms with Crippen LogP contribution in [0.2, 0.25) is 0 Å². The molecule has 2 saturated heterocycles. The average molecular weight is 304 g/mol. The van der Waals surface area contributed by atoms with E-state index < -0.39 is 10.2 Å². The minimum absolute atomic E-state index is 0.317. The van der Waals surface area contributed by atoms with E-state index in [2.05, 4.69) is 19.0 Å². The molecule has 0 spiro atoms. The zero-order chi connectivity index (χ0) is 14.8. The van der Waals surface area contributed by atoms with Gasteiger partial charge in [-0.05, 0) is 52.2 Å². The number of rotatable bonds is 4. The van der Waals surface area contributed by atoms with Gasteiger partial charge in [-0.3, -0.25) is 0 Å². The summed E-state index contributed by atoms with van der Waals surface area (Å²) >= 11 is 0. The van der Waals surface area contributed by atoms with Crippen LogP contribution in [0.3, 0.4) is 0 Å². The maximum Gasteiger partial charge on any atom is 0.281 e. The third kappa shape index (κ3) is 3.51. The Bertz CT molecular complexity index is 405. The lowest BCUT2D eigenvalue weighted by Gasteiger charge is -2.39. The monoisotopic (exact) mass is 304 g/mol. The Kier molecular flexibility index (Phi) is 5.42. The summed E-state index contributed by atoms with van der Waals surface area (Å²) in [7, 11) is 0.837. The highest BCUT2D eigenvalue weighted by Gasteiger charge is 2.35. The molecule has 2 fully saturated rings. The summed E-state index contributed by atoms with van der Waals surface area (Å²) in [4.78, 5) is 2.19. The van der Waals surface area contributed by atoms with E-state index in [1.807, 2.05) is 0 Å². The molecule has 1 atom stereocenters. The van der Waals surface area contributed by atoms with Gasteiger partial charge in [0.15, 0.2) is 0 Å². The molecule has 2 aliphatic rings. The smallest absolute Gasteiger partial charge is 0.281 e. The first-order valence-corrected chi connectivity index (χ1v) is 8.96. The molecule has 20 heavy (non-hydrogen) atoms. The predicted octanol–water partition coefficient (Wildman–Crippen LogP) is -0.0721. The van der Waals surface area contributed by atoms with Gasteiger partial charge >= 0.3 is 0 Å². The van der Waals surface area contributed by atoms with Gasteiger partial charge in [-0.2, -0.15) is 17.0 Å². The maximum absolute atomic E-state index is 12.7. The molecule has 118 valence electrons. The minimum atomic E-state index is -3.28. The Balaban J connectivity index is 1.97. The van der Waals surface area contributed by atoms with Gasteiger partial charge < -0.3 is 10.6 Å². The molecule has 1 unspecified atom stereocenters. The molecule has 0 aromatic carbocycles. The second kappa shape index (κ2) is 6.70. The summed E-state index contributed by atoms with van der Waals surface area (Å²) in [6, 6.07) is 0.500. The molecule has 2 rings (SSSR count). The largest absolute Gasteiger partial charge is 0.330 e. The van der Waals surface area contributed by atoms with Crippen molar-refractivity contribution < 1.29 is 8.42 Å². The molecule has 7 heteroatoms. The third-order valence-electron chi connectivity index (χ3n) is 4.62. The first kappa shape index (κ1) is 16.2. The summed E-state index contributed by atoms with van der Waals surface area (Å²) in [5, 5.41) is 0. The third-order valence-corrected chi connectivity index (χ3v) is 6.62. The SMILES string of the molecule is CN(C)C1CCN(S(=O)(=O)N2CCCC(CN)C2)CC1. The van der Waals surface area contributed by atoms with Gasteiger partial charge in [0.1, 0.15) is 0 Å². The molecule has 6 nitrogen and oxygen atoms in total. The molecule has 0 amide bonds. The Morgan fingerprint density at radius 2 is 1.75 bits per heavy atom. The van der Waals surface area contributed by atoms with Gasteiger partial charge in [-0.15, -0.1) is 0 Å². The van der Waals surface area contributed by atoms with Gasteiger partial charge in [-0.1, -0.05) is 0 Å². The van der Waals surface area contributed by atoms with Crippen molar-refractivity contribution in [3.8, 4) is 0 Å². The molecule has 0 aliphatic carbocycles. The Morgan fingerprint density at radius 3 is 2.30 bits per heavy atom. The fourth-order valence-electron chi connectivity index (χ4n) is 3.18. The molecular weight excluding hydrogens is 276 g/mol. The average Bonchev–Trinajstić information content (AvgIpc) is 2.47. The zero-order valence-electron chi connectivity index (χ0n) is 12.7. The molecular formula is C13H28N4O2S. The fraction of sp³-hybridized carbons (Fsp3) is 1.00. The number of hydrogen-bond acceptors (Lipinski definition) is 4. The van der Waals surface area contributed by atoms with Crippen molar-refractivity contribution in [1.29, 1.82) is 0 Å². The molecule has 0 saturated carbocycles. The molecule has 2 N–H and O–H groups in total. The standard InChI is InChI=1S/C13H28N4O2S/c1-15(2)13-5-8-16(9-6-13)20(18,19)17-7-3-4-12(10-14)11-17/h12-13H,3-11,14H2,1-2H3. The molecule has 0 aromatic heterocycles. The number of piperidine rings is 2. The van der Waals surface area contributed by atoms with E-state index in [0.717, 1.165) is 25.7 Å². The van der Waals surface area contributed by atoms with Crippen molar-refractivity contribution >= 4 is 10.2 Å². The van der Waals surface area contributed by atoms with Crippen LogP contribution in [0.15, 0.2) is 0 Å². The van der Waals surface area contributed by atoms with Crippen LogP contribution >= 0.6 is 0 Å². The summed E-state index contributed by atoms with van der Waals surface area (Å²) < 4.78 is 28.7. The van der Waals surface area contributed by atoms with E-state index in [1.54, 1.807) is 8.61 Å². The van der Waals surface area contributed by atoms with E-state index in [4.69, 9.17) is 5.73 Å². The summed E-state index contributed by atoms with van der Waals surface area (Å²) in [5.74, 6) is 0.317. The van der Waals surface area contributed by atoms with Crippen LogP contribution in [0, 0.1) is 5.92 Å². The van der Waals surface area contributed by atoms with Gasteiger partial charge in [0, 0.05) is 32.2 Å². The summed E-state index contributed by atoms with van der Waals surface area (Å²) in [5.41, 5.74) is 5.70. The van der Waals surface area contributed by atoms with Crippen LogP contribution in [0.5, 0.6) is 0 Å². The quantitative estimate of drug-likeness (QED) is 0.789. The highest BCUT2D eigenvalue weighted by Crippen LogP contribution is 2.23. The maximum atomic E-state index is 12.7. The summed E-state index contributed by atoms with van der Waals surface area (Å²) in [6.07, 6.45) is 3.81. The number of nitrogens with zero attached hydrogens (tertiary/aromatic N) is 3. The van der Waals surface area contributed by atoms with Gasteiger partial charge in [0.05, 0.1) is 0 Å². The van der Waals surface area contributed by atoms with Crippen molar-refractivity contribution in [2.75, 3.05) is 46.8 Å². The Morgan fingerprint density at radius 1 is 1.10 bits per heavy atom. The Labute approximate surface area is 123 Å². The van der Waals surface area contributed by atoms with Gasteiger partial charge in [-0.25, -0.2) is 0 Å². The van der Waals surface area contributed by atoms with Gasteiger partial charge in [0.25, 0.3) is 10.2 Å². The highest BCUT2D eigenvalue weighted by molar-refractivity contribution is 7.86. The topological polar surface area (TPSA) is 69.9 Å². The highest BCUT2D eigenvalue weighted by atomic mass is 32.2. The van der Waals surface area contributed by atoms with Crippen molar-refractivity contribution in [2.45, 2.75) is 31.7 Å². The Hall–Kier alpha value is -0.210. The minimum Gasteiger partial charge on any atom is -0.330 e. The predicted molar refractivity (Wildman–Crippen MR) is 80.6 cm³/mol. The first-order chi connectivity index (χ1) is 9.45. The zero-order valence-corrected chi connectivity index (χ0v) is 13.5. The van der Waals surface area contributed by atoms with Crippen LogP contribution < -0.4 is 5.73 Å². The normalized spacial score (nSPS) is 28.1. The van der Waals surface area contributed by atoms with Crippen molar-refractivity contribution in [3.05, 3.63) is 0 Å². The second-order valence-electron chi connectivity index (χ2n) is 6.20. The number of hydrogen-bond donors (Lipinski definition) is 1. The van der Waals surface area contributed by atoms with Crippen LogP contribution in [-0.2, 0) is 10.2 Å². The second-order valence-corrected chi connectivity index (χ2v) is 8.13. The number of nitrogens with two attached hydrogens (primary N) is 1. The first-order valence-electron chi connectivity index (χ1n) is 7.57. The molecule has 0 radical (unpaired) electrons. The van der Waals surface area contributed by atoms with E-state index in [1.165, 1.54) is 0 Å². The molecule has 2 aliphatic heterocycles. The van der Waals surface area contributed by atoms with E-state index in [9.17, 15) is 8.42 Å². The van der Waals surface area contributed by atoms with Crippen molar-refractivity contribution in [2.24, 2.45) is 11.7 Å². The fourth-order valence-corrected chi connectivity index (χ4v) is 4.94. The molecule has 2 heterocycles. The van der Waals surface area contributed by atoms with E-state index in [-0.39, 0.29) is 0 Å². The van der Waals surface area contributed by atoms with Crippen LogP contribution in [0.4, 0.5) is 0 Å². The van der Waals surface area contributed by atoms with Gasteiger partial charge in [0.2, 0.25) is 0 Å². The van der Waals surface area contributed by atoms with E-state index in [0.29, 0.717) is 44.7 Å². The lowest BCUT2D eigenvalue weighted by atomic mass is 10.0. The van der Waals surface area contributed by atoms with Crippen LogP contribution in [0.1, 0.15) is 25.7 Å². The lowest BCUT2D eigenvalue weighted by Crippen LogP contribution is -2.52. The molecule has 0 bridgehead atoms. The van der Waals surface area contributed by atoms with E-state index >= 15 is 0 Å². The summed E-state index contributed by atoms with van der Waals surface area (Å²) in [6.45, 7) is 3.08. The molecule has 0 aromatic rings. The van der Waals surface area contributed by atoms with Crippen molar-refractivity contribution in [3.63, 3.8) is 0 Å². The lowest BCUT2D eigenvalue weighted by molar-refractivity contribution is 0.183. The van der Waals surface area contributed by atoms with Crippen LogP contribution in [-0.4, -0.2) is 74.8 Å². The van der Waals surface area contributed by atoms with Crippen molar-refractivity contribution in [1.82, 2.24) is 13.5 Å². The van der Waals surface area contributed by atoms with Crippen LogP contribution in [0.25, 0.3) is 0 Å².